The summed E-state index contributed by atoms with van der Waals surface area (Å²) in [5.74, 6) is 0.642. The molecule has 0 radical (unpaired) electrons. The summed E-state index contributed by atoms with van der Waals surface area (Å²) >= 11 is 0. The standard InChI is InChI=1S/C22H21N3O2S/c1-16-12-14-18(15-13-16)28(26,27)24-21(17-8-4-3-5-9-17)22-23-19-10-6-7-11-20(19)25(22)2/h3-15,21,24H,1-2H3. The molecule has 1 heterocycles. The lowest BCUT2D eigenvalue weighted by Crippen LogP contribution is -2.31. The smallest absolute Gasteiger partial charge is 0.241 e. The fourth-order valence-electron chi connectivity index (χ4n) is 3.28. The van der Waals surface area contributed by atoms with Gasteiger partial charge in [-0.2, -0.15) is 4.72 Å². The molecule has 0 aliphatic carbocycles. The van der Waals surface area contributed by atoms with Gasteiger partial charge in [-0.1, -0.05) is 60.2 Å². The first kappa shape index (κ1) is 18.4. The topological polar surface area (TPSA) is 64.0 Å². The summed E-state index contributed by atoms with van der Waals surface area (Å²) in [6.07, 6.45) is 0. The first-order valence-corrected chi connectivity index (χ1v) is 10.5. The summed E-state index contributed by atoms with van der Waals surface area (Å²) in [6, 6.07) is 23.5. The van der Waals surface area contributed by atoms with Crippen molar-refractivity contribution in [3.8, 4) is 0 Å². The highest BCUT2D eigenvalue weighted by Gasteiger charge is 2.26. The highest BCUT2D eigenvalue weighted by atomic mass is 32.2. The van der Waals surface area contributed by atoms with Gasteiger partial charge in [0, 0.05) is 7.05 Å². The normalized spacial score (nSPS) is 12.9. The Labute approximate surface area is 164 Å². The molecule has 4 aromatic rings. The molecule has 0 aliphatic heterocycles. The molecule has 6 heteroatoms. The third-order valence-electron chi connectivity index (χ3n) is 4.82. The molecule has 28 heavy (non-hydrogen) atoms. The predicted octanol–water partition coefficient (Wildman–Crippen LogP) is 3.95. The number of rotatable bonds is 5. The van der Waals surface area contributed by atoms with Gasteiger partial charge < -0.3 is 4.57 Å². The summed E-state index contributed by atoms with van der Waals surface area (Å²) in [5.41, 5.74) is 3.62. The van der Waals surface area contributed by atoms with E-state index >= 15 is 0 Å². The molecule has 1 aromatic heterocycles. The summed E-state index contributed by atoms with van der Waals surface area (Å²) in [6.45, 7) is 1.93. The van der Waals surface area contributed by atoms with E-state index in [-0.39, 0.29) is 4.90 Å². The number of fused-ring (bicyclic) bond motifs is 1. The van der Waals surface area contributed by atoms with Crippen LogP contribution >= 0.6 is 0 Å². The number of hydrogen-bond acceptors (Lipinski definition) is 3. The van der Waals surface area contributed by atoms with Crippen LogP contribution in [0.1, 0.15) is 23.0 Å². The number of imidazole rings is 1. The second-order valence-corrected chi connectivity index (χ2v) is 8.51. The van der Waals surface area contributed by atoms with Gasteiger partial charge in [0.25, 0.3) is 0 Å². The van der Waals surface area contributed by atoms with E-state index in [0.717, 1.165) is 22.2 Å². The number of benzene rings is 3. The van der Waals surface area contributed by atoms with Crippen LogP contribution in [-0.2, 0) is 17.1 Å². The van der Waals surface area contributed by atoms with Crippen LogP contribution in [0.4, 0.5) is 0 Å². The van der Waals surface area contributed by atoms with E-state index in [1.807, 2.05) is 73.1 Å². The molecule has 0 bridgehead atoms. The highest BCUT2D eigenvalue weighted by molar-refractivity contribution is 7.89. The minimum Gasteiger partial charge on any atom is -0.329 e. The Hall–Kier alpha value is -2.96. The Bertz CT molecular complexity index is 1210. The Balaban J connectivity index is 1.82. The van der Waals surface area contributed by atoms with Gasteiger partial charge in [0.15, 0.2) is 0 Å². The third kappa shape index (κ3) is 3.44. The first-order valence-electron chi connectivity index (χ1n) is 9.01. The number of nitrogens with zero attached hydrogens (tertiary/aromatic N) is 2. The van der Waals surface area contributed by atoms with Crippen molar-refractivity contribution in [1.82, 2.24) is 14.3 Å². The first-order chi connectivity index (χ1) is 13.5. The van der Waals surface area contributed by atoms with Gasteiger partial charge in [0.2, 0.25) is 10.0 Å². The van der Waals surface area contributed by atoms with Crippen LogP contribution in [0.2, 0.25) is 0 Å². The average Bonchev–Trinajstić information content (AvgIpc) is 3.04. The SMILES string of the molecule is Cc1ccc(S(=O)(=O)NC(c2ccccc2)c2nc3ccccc3n2C)cc1. The molecule has 0 saturated heterocycles. The summed E-state index contributed by atoms with van der Waals surface area (Å²) in [7, 11) is -1.83. The highest BCUT2D eigenvalue weighted by Crippen LogP contribution is 2.27. The molecule has 0 saturated carbocycles. The van der Waals surface area contributed by atoms with Crippen LogP contribution in [0.15, 0.2) is 83.8 Å². The number of para-hydroxylation sites is 2. The molecule has 1 atom stereocenters. The number of aromatic nitrogens is 2. The van der Waals surface area contributed by atoms with Crippen LogP contribution in [-0.4, -0.2) is 18.0 Å². The molecule has 1 unspecified atom stereocenters. The Morgan fingerprint density at radius 2 is 1.54 bits per heavy atom. The minimum atomic E-state index is -3.73. The lowest BCUT2D eigenvalue weighted by molar-refractivity contribution is 0.563. The van der Waals surface area contributed by atoms with Crippen molar-refractivity contribution in [1.29, 1.82) is 0 Å². The monoisotopic (exact) mass is 391 g/mol. The van der Waals surface area contributed by atoms with E-state index in [1.54, 1.807) is 24.3 Å². The lowest BCUT2D eigenvalue weighted by Gasteiger charge is -2.19. The third-order valence-corrected chi connectivity index (χ3v) is 6.26. The van der Waals surface area contributed by atoms with E-state index < -0.39 is 16.1 Å². The van der Waals surface area contributed by atoms with E-state index in [0.29, 0.717) is 5.82 Å². The fourth-order valence-corrected chi connectivity index (χ4v) is 4.46. The maximum atomic E-state index is 13.1. The zero-order valence-electron chi connectivity index (χ0n) is 15.7. The lowest BCUT2D eigenvalue weighted by atomic mass is 10.1. The van der Waals surface area contributed by atoms with E-state index in [1.165, 1.54) is 0 Å². The molecule has 1 N–H and O–H groups in total. The summed E-state index contributed by atoms with van der Waals surface area (Å²) in [4.78, 5) is 4.95. The van der Waals surface area contributed by atoms with Crippen molar-refractivity contribution >= 4 is 21.1 Å². The number of hydrogen-bond donors (Lipinski definition) is 1. The molecule has 5 nitrogen and oxygen atoms in total. The van der Waals surface area contributed by atoms with Crippen molar-refractivity contribution in [2.45, 2.75) is 17.9 Å². The number of aryl methyl sites for hydroxylation is 2. The fraction of sp³-hybridized carbons (Fsp3) is 0.136. The number of sulfonamides is 1. The molecule has 4 rings (SSSR count). The van der Waals surface area contributed by atoms with Crippen LogP contribution in [0.3, 0.4) is 0 Å². The molecule has 0 aliphatic rings. The molecule has 0 spiro atoms. The van der Waals surface area contributed by atoms with Crippen LogP contribution in [0, 0.1) is 6.92 Å². The zero-order valence-corrected chi connectivity index (χ0v) is 16.5. The number of nitrogens with one attached hydrogen (secondary N) is 1. The molecule has 142 valence electrons. The maximum absolute atomic E-state index is 13.1. The van der Waals surface area contributed by atoms with Gasteiger partial charge in [-0.05, 0) is 36.8 Å². The van der Waals surface area contributed by atoms with Crippen molar-refractivity contribution in [3.05, 3.63) is 95.8 Å². The average molecular weight is 391 g/mol. The van der Waals surface area contributed by atoms with Crippen LogP contribution < -0.4 is 4.72 Å². The van der Waals surface area contributed by atoms with Crippen molar-refractivity contribution in [2.24, 2.45) is 7.05 Å². The molecule has 0 fully saturated rings. The zero-order chi connectivity index (χ0) is 19.7. The van der Waals surface area contributed by atoms with Crippen LogP contribution in [0.5, 0.6) is 0 Å². The van der Waals surface area contributed by atoms with E-state index in [4.69, 9.17) is 4.98 Å². The van der Waals surface area contributed by atoms with Crippen LogP contribution in [0.25, 0.3) is 11.0 Å². The van der Waals surface area contributed by atoms with Gasteiger partial charge >= 0.3 is 0 Å². The second-order valence-electron chi connectivity index (χ2n) is 6.80. The van der Waals surface area contributed by atoms with E-state index in [2.05, 4.69) is 4.72 Å². The van der Waals surface area contributed by atoms with E-state index in [9.17, 15) is 8.42 Å². The minimum absolute atomic E-state index is 0.234. The van der Waals surface area contributed by atoms with Gasteiger partial charge in [-0.25, -0.2) is 13.4 Å². The van der Waals surface area contributed by atoms with Crippen molar-refractivity contribution in [3.63, 3.8) is 0 Å². The van der Waals surface area contributed by atoms with Gasteiger partial charge in [0.1, 0.15) is 11.9 Å². The Morgan fingerprint density at radius 1 is 0.893 bits per heavy atom. The molecule has 3 aromatic carbocycles. The molecular formula is C22H21N3O2S. The van der Waals surface area contributed by atoms with Crippen molar-refractivity contribution < 1.29 is 8.42 Å². The second kappa shape index (κ2) is 7.22. The largest absolute Gasteiger partial charge is 0.329 e. The summed E-state index contributed by atoms with van der Waals surface area (Å²) in [5, 5.41) is 0. The predicted molar refractivity (Wildman–Crippen MR) is 110 cm³/mol. The van der Waals surface area contributed by atoms with Gasteiger partial charge in [0.05, 0.1) is 15.9 Å². The molecule has 0 amide bonds. The quantitative estimate of drug-likeness (QED) is 0.560. The van der Waals surface area contributed by atoms with Crippen molar-refractivity contribution in [2.75, 3.05) is 0 Å². The Morgan fingerprint density at radius 3 is 2.21 bits per heavy atom. The Kier molecular flexibility index (Phi) is 4.75. The molecular weight excluding hydrogens is 370 g/mol. The van der Waals surface area contributed by atoms with Gasteiger partial charge in [-0.3, -0.25) is 0 Å². The van der Waals surface area contributed by atoms with Gasteiger partial charge in [-0.15, -0.1) is 0 Å². The summed E-state index contributed by atoms with van der Waals surface area (Å²) < 4.78 is 30.9. The maximum Gasteiger partial charge on any atom is 0.241 e.